The van der Waals surface area contributed by atoms with Crippen LogP contribution < -0.4 is 0 Å². The molecule has 2 N–H and O–H groups in total. The zero-order valence-electron chi connectivity index (χ0n) is 7.42. The number of aliphatic carboxylic acids is 1. The number of aromatic nitrogens is 1. The summed E-state index contributed by atoms with van der Waals surface area (Å²) < 4.78 is 0. The molecule has 0 bridgehead atoms. The minimum atomic E-state index is -0.778. The van der Waals surface area contributed by atoms with E-state index in [9.17, 15) is 4.79 Å². The molecular formula is C10H13NO2. The zero-order valence-corrected chi connectivity index (χ0v) is 7.42. The summed E-state index contributed by atoms with van der Waals surface area (Å²) in [5.74, 6) is 0.0659. The summed E-state index contributed by atoms with van der Waals surface area (Å²) in [5, 5.41) is 8.55. The van der Waals surface area contributed by atoms with Gasteiger partial charge in [-0.15, -0.1) is 0 Å². The van der Waals surface area contributed by atoms with Crippen molar-refractivity contribution in [2.75, 3.05) is 0 Å². The Balaban J connectivity index is 1.95. The number of hydrogen-bond acceptors (Lipinski definition) is 1. The first kappa shape index (κ1) is 8.35. The Bertz CT molecular complexity index is 312. The van der Waals surface area contributed by atoms with E-state index in [1.54, 1.807) is 0 Å². The van der Waals surface area contributed by atoms with Gasteiger partial charge in [0.15, 0.2) is 0 Å². The summed E-state index contributed by atoms with van der Waals surface area (Å²) in [6.07, 6.45) is 3.84. The maximum Gasteiger partial charge on any atom is 0.309 e. The van der Waals surface area contributed by atoms with Crippen LogP contribution in [0.3, 0.4) is 0 Å². The molecule has 1 aliphatic carbocycles. The Morgan fingerprint density at radius 2 is 2.15 bits per heavy atom. The standard InChI is InChI=1S/C10H13NO2/c12-10(13)6-9-4-3-8(11-9)5-7-1-2-7/h3-4,7,11H,1-2,5-6H2,(H,12,13). The molecule has 1 aliphatic rings. The first-order chi connectivity index (χ1) is 6.24. The predicted molar refractivity (Wildman–Crippen MR) is 48.6 cm³/mol. The highest BCUT2D eigenvalue weighted by Crippen LogP contribution is 2.32. The molecule has 0 amide bonds. The molecule has 0 aromatic carbocycles. The summed E-state index contributed by atoms with van der Waals surface area (Å²) in [6, 6.07) is 3.86. The van der Waals surface area contributed by atoms with Crippen LogP contribution in [0.2, 0.25) is 0 Å². The van der Waals surface area contributed by atoms with Gasteiger partial charge in [0, 0.05) is 11.4 Å². The van der Waals surface area contributed by atoms with Crippen molar-refractivity contribution in [3.8, 4) is 0 Å². The largest absolute Gasteiger partial charge is 0.481 e. The van der Waals surface area contributed by atoms with Gasteiger partial charge in [-0.1, -0.05) is 0 Å². The van der Waals surface area contributed by atoms with Gasteiger partial charge in [-0.3, -0.25) is 4.79 Å². The van der Waals surface area contributed by atoms with Crippen molar-refractivity contribution in [3.63, 3.8) is 0 Å². The SMILES string of the molecule is O=C(O)Cc1ccc(CC2CC2)[nH]1. The third-order valence-corrected chi connectivity index (χ3v) is 2.35. The van der Waals surface area contributed by atoms with Crippen LogP contribution in [0.25, 0.3) is 0 Å². The first-order valence-corrected chi connectivity index (χ1v) is 4.62. The average molecular weight is 179 g/mol. The van der Waals surface area contributed by atoms with Crippen molar-refractivity contribution in [1.82, 2.24) is 4.98 Å². The van der Waals surface area contributed by atoms with E-state index in [4.69, 9.17) is 5.11 Å². The van der Waals surface area contributed by atoms with Crippen LogP contribution in [0.15, 0.2) is 12.1 Å². The first-order valence-electron chi connectivity index (χ1n) is 4.62. The van der Waals surface area contributed by atoms with Crippen molar-refractivity contribution in [2.24, 2.45) is 5.92 Å². The molecule has 2 rings (SSSR count). The molecule has 0 aliphatic heterocycles. The van der Waals surface area contributed by atoms with E-state index in [1.165, 1.54) is 18.5 Å². The Hall–Kier alpha value is -1.25. The molecule has 3 nitrogen and oxygen atoms in total. The summed E-state index contributed by atoms with van der Waals surface area (Å²) in [7, 11) is 0. The highest BCUT2D eigenvalue weighted by Gasteiger charge is 2.21. The van der Waals surface area contributed by atoms with E-state index in [0.29, 0.717) is 0 Å². The van der Waals surface area contributed by atoms with Crippen LogP contribution in [0, 0.1) is 5.92 Å². The second-order valence-corrected chi connectivity index (χ2v) is 3.73. The van der Waals surface area contributed by atoms with Crippen LogP contribution in [-0.4, -0.2) is 16.1 Å². The molecule has 3 heteroatoms. The quantitative estimate of drug-likeness (QED) is 0.737. The van der Waals surface area contributed by atoms with E-state index < -0.39 is 5.97 Å². The molecule has 0 radical (unpaired) electrons. The van der Waals surface area contributed by atoms with Gasteiger partial charge < -0.3 is 10.1 Å². The fraction of sp³-hybridized carbons (Fsp3) is 0.500. The van der Waals surface area contributed by atoms with Gasteiger partial charge in [0.1, 0.15) is 0 Å². The van der Waals surface area contributed by atoms with Crippen LogP contribution in [-0.2, 0) is 17.6 Å². The third-order valence-electron chi connectivity index (χ3n) is 2.35. The predicted octanol–water partition coefficient (Wildman–Crippen LogP) is 1.59. The lowest BCUT2D eigenvalue weighted by Crippen LogP contribution is -2.00. The van der Waals surface area contributed by atoms with Crippen molar-refractivity contribution in [1.29, 1.82) is 0 Å². The van der Waals surface area contributed by atoms with Gasteiger partial charge >= 0.3 is 5.97 Å². The molecule has 0 atom stereocenters. The number of carboxylic acid groups (broad SMARTS) is 1. The van der Waals surface area contributed by atoms with Crippen molar-refractivity contribution < 1.29 is 9.90 Å². The maximum atomic E-state index is 10.4. The smallest absolute Gasteiger partial charge is 0.309 e. The van der Waals surface area contributed by atoms with Gasteiger partial charge in [0.25, 0.3) is 0 Å². The minimum Gasteiger partial charge on any atom is -0.481 e. The average Bonchev–Trinajstić information content (AvgIpc) is 2.73. The Morgan fingerprint density at radius 1 is 1.46 bits per heavy atom. The van der Waals surface area contributed by atoms with E-state index in [0.717, 1.165) is 18.0 Å². The molecular weight excluding hydrogens is 166 g/mol. The number of hydrogen-bond donors (Lipinski definition) is 2. The summed E-state index contributed by atoms with van der Waals surface area (Å²) in [5.41, 5.74) is 1.99. The molecule has 1 heterocycles. The summed E-state index contributed by atoms with van der Waals surface area (Å²) in [6.45, 7) is 0. The van der Waals surface area contributed by atoms with Gasteiger partial charge in [-0.05, 0) is 37.3 Å². The van der Waals surface area contributed by atoms with Crippen LogP contribution in [0.5, 0.6) is 0 Å². The van der Waals surface area contributed by atoms with Gasteiger partial charge in [-0.2, -0.15) is 0 Å². The van der Waals surface area contributed by atoms with Gasteiger partial charge in [0.05, 0.1) is 6.42 Å². The number of carboxylic acids is 1. The fourth-order valence-electron chi connectivity index (χ4n) is 1.51. The van der Waals surface area contributed by atoms with Crippen LogP contribution in [0.4, 0.5) is 0 Å². The number of aromatic amines is 1. The molecule has 1 aromatic rings. The molecule has 1 fully saturated rings. The number of rotatable bonds is 4. The van der Waals surface area contributed by atoms with Crippen molar-refractivity contribution >= 4 is 5.97 Å². The molecule has 1 aromatic heterocycles. The normalized spacial score (nSPS) is 16.0. The van der Waals surface area contributed by atoms with Crippen molar-refractivity contribution in [2.45, 2.75) is 25.7 Å². The Morgan fingerprint density at radius 3 is 2.77 bits per heavy atom. The van der Waals surface area contributed by atoms with E-state index in [-0.39, 0.29) is 6.42 Å². The highest BCUT2D eigenvalue weighted by atomic mass is 16.4. The van der Waals surface area contributed by atoms with Crippen LogP contribution in [0.1, 0.15) is 24.2 Å². The minimum absolute atomic E-state index is 0.102. The maximum absolute atomic E-state index is 10.4. The van der Waals surface area contributed by atoms with E-state index >= 15 is 0 Å². The molecule has 0 spiro atoms. The zero-order chi connectivity index (χ0) is 9.26. The number of H-pyrrole nitrogens is 1. The van der Waals surface area contributed by atoms with Crippen LogP contribution >= 0.6 is 0 Å². The molecule has 1 saturated carbocycles. The Kier molecular flexibility index (Phi) is 2.08. The Labute approximate surface area is 76.8 Å². The molecule has 70 valence electrons. The summed E-state index contributed by atoms with van der Waals surface area (Å²) >= 11 is 0. The topological polar surface area (TPSA) is 53.1 Å². The second kappa shape index (κ2) is 3.24. The number of nitrogens with one attached hydrogen (secondary N) is 1. The molecule has 0 saturated heterocycles. The third kappa shape index (κ3) is 2.34. The van der Waals surface area contributed by atoms with Gasteiger partial charge in [-0.25, -0.2) is 0 Å². The fourth-order valence-corrected chi connectivity index (χ4v) is 1.51. The summed E-state index contributed by atoms with van der Waals surface area (Å²) in [4.78, 5) is 13.5. The van der Waals surface area contributed by atoms with Gasteiger partial charge in [0.2, 0.25) is 0 Å². The van der Waals surface area contributed by atoms with Crippen molar-refractivity contribution in [3.05, 3.63) is 23.5 Å². The lowest BCUT2D eigenvalue weighted by Gasteiger charge is -1.94. The highest BCUT2D eigenvalue weighted by molar-refractivity contribution is 5.69. The lowest BCUT2D eigenvalue weighted by molar-refractivity contribution is -0.136. The molecule has 13 heavy (non-hydrogen) atoms. The lowest BCUT2D eigenvalue weighted by atomic mass is 10.2. The van der Waals surface area contributed by atoms with E-state index in [2.05, 4.69) is 4.98 Å². The second-order valence-electron chi connectivity index (χ2n) is 3.73. The monoisotopic (exact) mass is 179 g/mol. The number of carbonyl (C=O) groups is 1. The van der Waals surface area contributed by atoms with E-state index in [1.807, 2.05) is 12.1 Å². The molecule has 0 unspecified atom stereocenters.